The lowest BCUT2D eigenvalue weighted by molar-refractivity contribution is 0.129. The molecule has 0 bridgehead atoms. The molecule has 3 heteroatoms. The van der Waals surface area contributed by atoms with E-state index >= 15 is 0 Å². The third kappa shape index (κ3) is 4.73. The van der Waals surface area contributed by atoms with Crippen molar-refractivity contribution in [3.63, 3.8) is 0 Å². The van der Waals surface area contributed by atoms with Gasteiger partial charge >= 0.3 is 0 Å². The van der Waals surface area contributed by atoms with Crippen LogP contribution in [0.3, 0.4) is 0 Å². The van der Waals surface area contributed by atoms with Crippen LogP contribution in [0, 0.1) is 0 Å². The van der Waals surface area contributed by atoms with E-state index in [4.69, 9.17) is 5.11 Å². The predicted octanol–water partition coefficient (Wildman–Crippen LogP) is -0.134. The second kappa shape index (κ2) is 5.65. The Morgan fingerprint density at radius 1 is 1.60 bits per heavy atom. The van der Waals surface area contributed by atoms with Gasteiger partial charge in [0.25, 0.3) is 0 Å². The van der Waals surface area contributed by atoms with E-state index in [0.29, 0.717) is 6.04 Å². The van der Waals surface area contributed by atoms with Gasteiger partial charge in [0.15, 0.2) is 0 Å². The molecule has 0 aromatic heterocycles. The summed E-state index contributed by atoms with van der Waals surface area (Å²) in [7, 11) is 3.85. The standard InChI is InChI=1S/C7H18N2O/c1-7(8-2)4-5-9(3)6-10/h7-8,10H,4-6H2,1-3H3. The molecule has 0 amide bonds. The normalized spacial score (nSPS) is 14.1. The van der Waals surface area contributed by atoms with E-state index in [0.717, 1.165) is 13.0 Å². The van der Waals surface area contributed by atoms with Gasteiger partial charge in [-0.2, -0.15) is 0 Å². The molecule has 0 aliphatic heterocycles. The molecular weight excluding hydrogens is 128 g/mol. The summed E-state index contributed by atoms with van der Waals surface area (Å²) in [4.78, 5) is 1.88. The fourth-order valence-corrected chi connectivity index (χ4v) is 0.629. The van der Waals surface area contributed by atoms with Gasteiger partial charge < -0.3 is 10.4 Å². The van der Waals surface area contributed by atoms with E-state index < -0.39 is 0 Å². The van der Waals surface area contributed by atoms with Crippen LogP contribution < -0.4 is 5.32 Å². The summed E-state index contributed by atoms with van der Waals surface area (Å²) in [5.74, 6) is 0. The van der Waals surface area contributed by atoms with Crippen LogP contribution in [-0.2, 0) is 0 Å². The lowest BCUT2D eigenvalue weighted by Crippen LogP contribution is -2.28. The van der Waals surface area contributed by atoms with Crippen molar-refractivity contribution in [1.82, 2.24) is 10.2 Å². The van der Waals surface area contributed by atoms with Gasteiger partial charge in [0.05, 0.1) is 6.73 Å². The van der Waals surface area contributed by atoms with Gasteiger partial charge in [0.1, 0.15) is 0 Å². The number of hydrogen-bond donors (Lipinski definition) is 2. The summed E-state index contributed by atoms with van der Waals surface area (Å²) in [5.41, 5.74) is 0. The molecule has 0 spiro atoms. The van der Waals surface area contributed by atoms with Gasteiger partial charge in [-0.05, 0) is 27.4 Å². The molecule has 10 heavy (non-hydrogen) atoms. The van der Waals surface area contributed by atoms with Crippen LogP contribution in [0.25, 0.3) is 0 Å². The zero-order valence-electron chi connectivity index (χ0n) is 7.09. The Morgan fingerprint density at radius 3 is 2.60 bits per heavy atom. The SMILES string of the molecule is CNC(C)CCN(C)CO. The fourth-order valence-electron chi connectivity index (χ4n) is 0.629. The Balaban J connectivity index is 3.17. The average Bonchev–Trinajstić information content (AvgIpc) is 1.99. The third-order valence-electron chi connectivity index (χ3n) is 1.68. The van der Waals surface area contributed by atoms with E-state index in [1.807, 2.05) is 19.0 Å². The van der Waals surface area contributed by atoms with Crippen molar-refractivity contribution in [2.24, 2.45) is 0 Å². The van der Waals surface area contributed by atoms with E-state index in [2.05, 4.69) is 12.2 Å². The first-order valence-corrected chi connectivity index (χ1v) is 3.67. The van der Waals surface area contributed by atoms with Crippen molar-refractivity contribution >= 4 is 0 Å². The molecule has 1 atom stereocenters. The van der Waals surface area contributed by atoms with E-state index in [1.165, 1.54) is 0 Å². The number of rotatable bonds is 5. The first kappa shape index (κ1) is 9.88. The van der Waals surface area contributed by atoms with Crippen LogP contribution in [-0.4, -0.2) is 43.4 Å². The van der Waals surface area contributed by atoms with E-state index in [9.17, 15) is 0 Å². The fraction of sp³-hybridized carbons (Fsp3) is 1.00. The van der Waals surface area contributed by atoms with Gasteiger partial charge in [0.2, 0.25) is 0 Å². The predicted molar refractivity (Wildman–Crippen MR) is 42.9 cm³/mol. The molecular formula is C7H18N2O. The van der Waals surface area contributed by atoms with Gasteiger partial charge in [-0.3, -0.25) is 4.90 Å². The van der Waals surface area contributed by atoms with Crippen LogP contribution in [0.15, 0.2) is 0 Å². The van der Waals surface area contributed by atoms with Crippen LogP contribution >= 0.6 is 0 Å². The average molecular weight is 146 g/mol. The molecule has 1 unspecified atom stereocenters. The first-order valence-electron chi connectivity index (χ1n) is 3.67. The van der Waals surface area contributed by atoms with Crippen molar-refractivity contribution in [2.45, 2.75) is 19.4 Å². The summed E-state index contributed by atoms with van der Waals surface area (Å²) in [6.45, 7) is 3.22. The second-order valence-corrected chi connectivity index (χ2v) is 2.70. The maximum atomic E-state index is 8.63. The Morgan fingerprint density at radius 2 is 2.20 bits per heavy atom. The second-order valence-electron chi connectivity index (χ2n) is 2.70. The molecule has 2 N–H and O–H groups in total. The van der Waals surface area contributed by atoms with Crippen LogP contribution in [0.5, 0.6) is 0 Å². The van der Waals surface area contributed by atoms with Crippen molar-refractivity contribution in [1.29, 1.82) is 0 Å². The van der Waals surface area contributed by atoms with Crippen LogP contribution in [0.4, 0.5) is 0 Å². The monoisotopic (exact) mass is 146 g/mol. The summed E-state index contributed by atoms with van der Waals surface area (Å²) in [6.07, 6.45) is 1.08. The quantitative estimate of drug-likeness (QED) is 0.530. The first-order chi connectivity index (χ1) is 4.70. The molecule has 3 nitrogen and oxygen atoms in total. The topological polar surface area (TPSA) is 35.5 Å². The molecule has 0 radical (unpaired) electrons. The highest BCUT2D eigenvalue weighted by atomic mass is 16.3. The summed E-state index contributed by atoms with van der Waals surface area (Å²) < 4.78 is 0. The molecule has 0 aliphatic rings. The molecule has 0 fully saturated rings. The number of aliphatic hydroxyl groups excluding tert-OH is 1. The lowest BCUT2D eigenvalue weighted by Gasteiger charge is -2.15. The van der Waals surface area contributed by atoms with Crippen molar-refractivity contribution < 1.29 is 5.11 Å². The molecule has 62 valence electrons. The van der Waals surface area contributed by atoms with Gasteiger partial charge in [0, 0.05) is 12.6 Å². The Bertz CT molecular complexity index is 68.0. The summed E-state index contributed by atoms with van der Waals surface area (Å²) in [5, 5.41) is 11.8. The Labute approximate surface area is 63.0 Å². The molecule has 0 saturated carbocycles. The van der Waals surface area contributed by atoms with Gasteiger partial charge in [-0.15, -0.1) is 0 Å². The third-order valence-corrected chi connectivity index (χ3v) is 1.68. The molecule has 0 rings (SSSR count). The van der Waals surface area contributed by atoms with Crippen molar-refractivity contribution in [3.05, 3.63) is 0 Å². The van der Waals surface area contributed by atoms with E-state index in [-0.39, 0.29) is 6.73 Å². The van der Waals surface area contributed by atoms with Gasteiger partial charge in [-0.1, -0.05) is 0 Å². The van der Waals surface area contributed by atoms with E-state index in [1.54, 1.807) is 0 Å². The smallest absolute Gasteiger partial charge is 0.0954 e. The Hall–Kier alpha value is -0.120. The van der Waals surface area contributed by atoms with Crippen LogP contribution in [0.1, 0.15) is 13.3 Å². The minimum Gasteiger partial charge on any atom is -0.381 e. The Kier molecular flexibility index (Phi) is 5.58. The minimum atomic E-state index is 0.149. The molecule has 0 aromatic rings. The number of aliphatic hydroxyl groups is 1. The number of nitrogens with zero attached hydrogens (tertiary/aromatic N) is 1. The number of nitrogens with one attached hydrogen (secondary N) is 1. The summed E-state index contributed by atoms with van der Waals surface area (Å²) >= 11 is 0. The molecule has 0 heterocycles. The van der Waals surface area contributed by atoms with Gasteiger partial charge in [-0.25, -0.2) is 0 Å². The molecule has 0 aliphatic carbocycles. The summed E-state index contributed by atoms with van der Waals surface area (Å²) in [6, 6.07) is 0.536. The number of hydrogen-bond acceptors (Lipinski definition) is 3. The minimum absolute atomic E-state index is 0.149. The molecule has 0 aromatic carbocycles. The zero-order valence-corrected chi connectivity index (χ0v) is 7.09. The maximum Gasteiger partial charge on any atom is 0.0954 e. The van der Waals surface area contributed by atoms with Crippen LogP contribution in [0.2, 0.25) is 0 Å². The highest BCUT2D eigenvalue weighted by molar-refractivity contribution is 4.58. The lowest BCUT2D eigenvalue weighted by atomic mass is 10.2. The van der Waals surface area contributed by atoms with Crippen molar-refractivity contribution in [2.75, 3.05) is 27.4 Å². The molecule has 0 saturated heterocycles. The van der Waals surface area contributed by atoms with Crippen molar-refractivity contribution in [3.8, 4) is 0 Å². The highest BCUT2D eigenvalue weighted by Gasteiger charge is 1.99. The maximum absolute atomic E-state index is 8.63. The zero-order chi connectivity index (χ0) is 7.98. The largest absolute Gasteiger partial charge is 0.381 e. The highest BCUT2D eigenvalue weighted by Crippen LogP contribution is 1.90.